The van der Waals surface area contributed by atoms with Crippen molar-refractivity contribution in [3.63, 3.8) is 0 Å². The lowest BCUT2D eigenvalue weighted by Crippen LogP contribution is -2.44. The second-order valence-electron chi connectivity index (χ2n) is 6.83. The molecule has 0 N–H and O–H groups in total. The minimum absolute atomic E-state index is 0.150. The number of pyridine rings is 2. The predicted octanol–water partition coefficient (Wildman–Crippen LogP) is 1.96. The average molecular weight is 322 g/mol. The van der Waals surface area contributed by atoms with Gasteiger partial charge in [-0.3, -0.25) is 19.7 Å². The molecule has 2 aromatic rings. The van der Waals surface area contributed by atoms with E-state index in [1.807, 2.05) is 35.6 Å². The highest BCUT2D eigenvalue weighted by atomic mass is 16.2. The highest BCUT2D eigenvalue weighted by molar-refractivity contribution is 5.80. The summed E-state index contributed by atoms with van der Waals surface area (Å²) in [4.78, 5) is 25.5. The van der Waals surface area contributed by atoms with Crippen molar-refractivity contribution in [3.05, 3.63) is 60.2 Å². The lowest BCUT2D eigenvalue weighted by Gasteiger charge is -2.33. The Kier molecular flexibility index (Phi) is 4.26. The summed E-state index contributed by atoms with van der Waals surface area (Å²) >= 11 is 0. The third-order valence-electron chi connectivity index (χ3n) is 5.17. The van der Waals surface area contributed by atoms with Crippen LogP contribution in [0.2, 0.25) is 0 Å². The van der Waals surface area contributed by atoms with Crippen molar-refractivity contribution in [2.75, 3.05) is 19.6 Å². The van der Waals surface area contributed by atoms with Crippen molar-refractivity contribution in [1.29, 1.82) is 0 Å². The van der Waals surface area contributed by atoms with E-state index in [-0.39, 0.29) is 5.92 Å². The maximum atomic E-state index is 12.9. The molecule has 2 saturated heterocycles. The molecule has 24 heavy (non-hydrogen) atoms. The van der Waals surface area contributed by atoms with Crippen LogP contribution in [0.5, 0.6) is 0 Å². The number of nitrogens with zero attached hydrogens (tertiary/aromatic N) is 4. The van der Waals surface area contributed by atoms with E-state index in [4.69, 9.17) is 0 Å². The fourth-order valence-corrected chi connectivity index (χ4v) is 3.94. The Morgan fingerprint density at radius 3 is 2.67 bits per heavy atom. The normalized spacial score (nSPS) is 24.2. The van der Waals surface area contributed by atoms with Crippen LogP contribution in [-0.4, -0.2) is 45.3 Å². The number of amides is 1. The van der Waals surface area contributed by atoms with Gasteiger partial charge in [0, 0.05) is 57.5 Å². The Balaban J connectivity index is 1.40. The standard InChI is InChI=1S/C19H22N4O/c24-19-18-14-22(11-15-3-7-20-8-4-15)13-17(18)5-9-23(19)12-16-2-1-6-21-10-16/h1-4,6-8,10,17-18H,5,9,11-14H2/t17-,18-/m1/s1. The number of carbonyl (C=O) groups excluding carboxylic acids is 1. The molecule has 2 fully saturated rings. The molecule has 4 heterocycles. The van der Waals surface area contributed by atoms with Crippen molar-refractivity contribution in [1.82, 2.24) is 19.8 Å². The fourth-order valence-electron chi connectivity index (χ4n) is 3.94. The van der Waals surface area contributed by atoms with E-state index in [1.54, 1.807) is 6.20 Å². The molecule has 0 aliphatic carbocycles. The first-order valence-electron chi connectivity index (χ1n) is 8.58. The monoisotopic (exact) mass is 322 g/mol. The van der Waals surface area contributed by atoms with Crippen LogP contribution >= 0.6 is 0 Å². The molecular weight excluding hydrogens is 300 g/mol. The van der Waals surface area contributed by atoms with Crippen molar-refractivity contribution in [2.24, 2.45) is 11.8 Å². The molecule has 1 amide bonds. The van der Waals surface area contributed by atoms with E-state index in [9.17, 15) is 4.79 Å². The summed E-state index contributed by atoms with van der Waals surface area (Å²) in [5, 5.41) is 0. The van der Waals surface area contributed by atoms with Gasteiger partial charge >= 0.3 is 0 Å². The number of likely N-dealkylation sites (tertiary alicyclic amines) is 2. The predicted molar refractivity (Wildman–Crippen MR) is 90.8 cm³/mol. The Labute approximate surface area is 142 Å². The van der Waals surface area contributed by atoms with E-state index in [0.29, 0.717) is 18.4 Å². The summed E-state index contributed by atoms with van der Waals surface area (Å²) in [6.07, 6.45) is 8.39. The van der Waals surface area contributed by atoms with Gasteiger partial charge in [-0.15, -0.1) is 0 Å². The van der Waals surface area contributed by atoms with Gasteiger partial charge in [0.05, 0.1) is 5.92 Å². The Morgan fingerprint density at radius 1 is 1.00 bits per heavy atom. The molecule has 2 aliphatic rings. The maximum Gasteiger partial charge on any atom is 0.227 e. The molecule has 4 rings (SSSR count). The number of piperidine rings is 1. The van der Waals surface area contributed by atoms with Crippen LogP contribution in [0.15, 0.2) is 49.1 Å². The molecule has 0 bridgehead atoms. The Bertz CT molecular complexity index is 691. The van der Waals surface area contributed by atoms with E-state index in [1.165, 1.54) is 5.56 Å². The molecule has 2 aromatic heterocycles. The first-order valence-corrected chi connectivity index (χ1v) is 8.58. The van der Waals surface area contributed by atoms with Gasteiger partial charge in [0.1, 0.15) is 0 Å². The zero-order chi connectivity index (χ0) is 16.4. The first kappa shape index (κ1) is 15.3. The third kappa shape index (κ3) is 3.17. The average Bonchev–Trinajstić information content (AvgIpc) is 3.03. The zero-order valence-corrected chi connectivity index (χ0v) is 13.7. The quantitative estimate of drug-likeness (QED) is 0.863. The van der Waals surface area contributed by atoms with Crippen LogP contribution in [0.1, 0.15) is 17.5 Å². The van der Waals surface area contributed by atoms with Crippen LogP contribution in [0.3, 0.4) is 0 Å². The Morgan fingerprint density at radius 2 is 1.88 bits per heavy atom. The van der Waals surface area contributed by atoms with Gasteiger partial charge in [-0.2, -0.15) is 0 Å². The van der Waals surface area contributed by atoms with Crippen LogP contribution < -0.4 is 0 Å². The van der Waals surface area contributed by atoms with Crippen molar-refractivity contribution in [3.8, 4) is 0 Å². The van der Waals surface area contributed by atoms with Crippen LogP contribution in [0.25, 0.3) is 0 Å². The number of carbonyl (C=O) groups is 1. The van der Waals surface area contributed by atoms with Crippen LogP contribution in [0, 0.1) is 11.8 Å². The lowest BCUT2D eigenvalue weighted by atomic mass is 9.88. The molecule has 5 nitrogen and oxygen atoms in total. The van der Waals surface area contributed by atoms with Crippen LogP contribution in [0.4, 0.5) is 0 Å². The number of aromatic nitrogens is 2. The molecule has 2 aliphatic heterocycles. The van der Waals surface area contributed by atoms with Gasteiger partial charge in [-0.05, 0) is 41.7 Å². The second-order valence-corrected chi connectivity index (χ2v) is 6.83. The first-order chi connectivity index (χ1) is 11.8. The summed E-state index contributed by atoms with van der Waals surface area (Å²) in [6.45, 7) is 4.35. The summed E-state index contributed by atoms with van der Waals surface area (Å²) < 4.78 is 0. The van der Waals surface area contributed by atoms with E-state index in [2.05, 4.69) is 27.0 Å². The minimum Gasteiger partial charge on any atom is -0.338 e. The van der Waals surface area contributed by atoms with Gasteiger partial charge in [-0.1, -0.05) is 6.07 Å². The zero-order valence-electron chi connectivity index (χ0n) is 13.7. The highest BCUT2D eigenvalue weighted by Gasteiger charge is 2.42. The van der Waals surface area contributed by atoms with E-state index >= 15 is 0 Å². The van der Waals surface area contributed by atoms with Crippen LogP contribution in [-0.2, 0) is 17.9 Å². The highest BCUT2D eigenvalue weighted by Crippen LogP contribution is 2.33. The Hall–Kier alpha value is -2.27. The number of rotatable bonds is 4. The minimum atomic E-state index is 0.150. The number of fused-ring (bicyclic) bond motifs is 1. The topological polar surface area (TPSA) is 49.3 Å². The molecule has 0 spiro atoms. The van der Waals surface area contributed by atoms with Gasteiger partial charge in [0.15, 0.2) is 0 Å². The molecule has 0 radical (unpaired) electrons. The summed E-state index contributed by atoms with van der Waals surface area (Å²) in [6, 6.07) is 8.08. The molecular formula is C19H22N4O. The molecule has 5 heteroatoms. The SMILES string of the molecule is O=C1[C@@H]2CN(Cc3ccncc3)C[C@H]2CCN1Cc1cccnc1. The van der Waals surface area contributed by atoms with Gasteiger partial charge in [-0.25, -0.2) is 0 Å². The summed E-state index contributed by atoms with van der Waals surface area (Å²) in [5.74, 6) is 0.967. The van der Waals surface area contributed by atoms with E-state index < -0.39 is 0 Å². The summed E-state index contributed by atoms with van der Waals surface area (Å²) in [5.41, 5.74) is 2.37. The summed E-state index contributed by atoms with van der Waals surface area (Å²) in [7, 11) is 0. The van der Waals surface area contributed by atoms with Gasteiger partial charge in [0.25, 0.3) is 0 Å². The lowest BCUT2D eigenvalue weighted by molar-refractivity contribution is -0.140. The molecule has 124 valence electrons. The molecule has 2 atom stereocenters. The number of hydrogen-bond acceptors (Lipinski definition) is 4. The van der Waals surface area contributed by atoms with E-state index in [0.717, 1.165) is 38.2 Å². The largest absolute Gasteiger partial charge is 0.338 e. The van der Waals surface area contributed by atoms with Gasteiger partial charge in [0.2, 0.25) is 5.91 Å². The van der Waals surface area contributed by atoms with Gasteiger partial charge < -0.3 is 4.90 Å². The number of hydrogen-bond donors (Lipinski definition) is 0. The van der Waals surface area contributed by atoms with Crippen molar-refractivity contribution >= 4 is 5.91 Å². The molecule has 0 aromatic carbocycles. The second kappa shape index (κ2) is 6.69. The smallest absolute Gasteiger partial charge is 0.227 e. The third-order valence-corrected chi connectivity index (χ3v) is 5.17. The maximum absolute atomic E-state index is 12.9. The molecule has 0 unspecified atom stereocenters. The molecule has 0 saturated carbocycles. The fraction of sp³-hybridized carbons (Fsp3) is 0.421. The van der Waals surface area contributed by atoms with Crippen molar-refractivity contribution < 1.29 is 4.79 Å². The van der Waals surface area contributed by atoms with Crippen molar-refractivity contribution in [2.45, 2.75) is 19.5 Å².